The Morgan fingerprint density at radius 3 is 2.39 bits per heavy atom. The maximum atomic E-state index is 13.8. The molecule has 5 rings (SSSR count). The zero-order valence-electron chi connectivity index (χ0n) is 23.4. The minimum atomic E-state index is -3.69. The second kappa shape index (κ2) is 13.3. The smallest absolute Gasteiger partial charge is 0.260 e. The Morgan fingerprint density at radius 2 is 1.71 bits per heavy atom. The molecule has 0 N–H and O–H groups in total. The van der Waals surface area contributed by atoms with Crippen LogP contribution in [0.25, 0.3) is 10.2 Å². The third-order valence-corrected chi connectivity index (χ3v) is 10.3. The molecular formula is C30H35ClN4O4S2. The maximum Gasteiger partial charge on any atom is 0.260 e. The van der Waals surface area contributed by atoms with E-state index in [-0.39, 0.29) is 23.2 Å². The van der Waals surface area contributed by atoms with Gasteiger partial charge in [-0.1, -0.05) is 49.4 Å². The average Bonchev–Trinajstić information content (AvgIpc) is 3.42. The number of benzene rings is 3. The van der Waals surface area contributed by atoms with Crippen molar-refractivity contribution in [2.45, 2.75) is 31.7 Å². The molecule has 0 aliphatic carbocycles. The lowest BCUT2D eigenvalue weighted by atomic mass is 10.0. The molecule has 4 aromatic rings. The van der Waals surface area contributed by atoms with Gasteiger partial charge in [0.25, 0.3) is 5.91 Å². The number of aromatic nitrogens is 1. The lowest BCUT2D eigenvalue weighted by Crippen LogP contribution is -2.39. The topological polar surface area (TPSA) is 83.1 Å². The molecule has 218 valence electrons. The fourth-order valence-corrected chi connectivity index (χ4v) is 7.34. The highest BCUT2D eigenvalue weighted by Gasteiger charge is 2.29. The fraction of sp³-hybridized carbons (Fsp3) is 0.333. The van der Waals surface area contributed by atoms with E-state index in [2.05, 4.69) is 18.7 Å². The van der Waals surface area contributed by atoms with Crippen molar-refractivity contribution in [3.05, 3.63) is 83.4 Å². The van der Waals surface area contributed by atoms with Gasteiger partial charge in [-0.25, -0.2) is 13.4 Å². The highest BCUT2D eigenvalue weighted by atomic mass is 35.5. The first-order valence-corrected chi connectivity index (χ1v) is 15.8. The zero-order valence-corrected chi connectivity index (χ0v) is 25.9. The molecule has 41 heavy (non-hydrogen) atoms. The van der Waals surface area contributed by atoms with Gasteiger partial charge in [-0.3, -0.25) is 9.69 Å². The quantitative estimate of drug-likeness (QED) is 0.236. The predicted octanol–water partition coefficient (Wildman–Crippen LogP) is 5.46. The number of methoxy groups -OCH3 is 1. The number of carbonyl (C=O) groups is 1. The van der Waals surface area contributed by atoms with Crippen LogP contribution in [0.2, 0.25) is 0 Å². The largest absolute Gasteiger partial charge is 0.497 e. The number of rotatable bonds is 10. The third kappa shape index (κ3) is 6.57. The molecule has 2 heterocycles. The number of thiazole rings is 1. The number of carbonyl (C=O) groups excluding carboxylic acids is 1. The van der Waals surface area contributed by atoms with Gasteiger partial charge in [-0.15, -0.1) is 12.4 Å². The molecule has 3 aromatic carbocycles. The van der Waals surface area contributed by atoms with Gasteiger partial charge in [0, 0.05) is 37.8 Å². The third-order valence-electron chi connectivity index (χ3n) is 7.43. The molecule has 0 saturated carbocycles. The van der Waals surface area contributed by atoms with Gasteiger partial charge >= 0.3 is 0 Å². The molecule has 0 fully saturated rings. The summed E-state index contributed by atoms with van der Waals surface area (Å²) in [6.07, 6.45) is 0.682. The molecule has 0 unspecified atom stereocenters. The molecular weight excluding hydrogens is 580 g/mol. The Balaban J connectivity index is 0.00000387. The van der Waals surface area contributed by atoms with Crippen LogP contribution in [-0.2, 0) is 23.0 Å². The predicted molar refractivity (Wildman–Crippen MR) is 167 cm³/mol. The van der Waals surface area contributed by atoms with E-state index in [1.54, 1.807) is 24.1 Å². The van der Waals surface area contributed by atoms with Crippen molar-refractivity contribution in [2.24, 2.45) is 0 Å². The summed E-state index contributed by atoms with van der Waals surface area (Å²) in [4.78, 5) is 22.7. The van der Waals surface area contributed by atoms with Gasteiger partial charge in [0.1, 0.15) is 5.75 Å². The van der Waals surface area contributed by atoms with Crippen LogP contribution < -0.4 is 9.64 Å². The zero-order chi connectivity index (χ0) is 28.3. The van der Waals surface area contributed by atoms with E-state index in [4.69, 9.17) is 9.72 Å². The Morgan fingerprint density at radius 1 is 1.00 bits per heavy atom. The van der Waals surface area contributed by atoms with Crippen LogP contribution in [0, 0.1) is 0 Å². The first-order valence-electron chi connectivity index (χ1n) is 13.5. The highest BCUT2D eigenvalue weighted by molar-refractivity contribution is 7.89. The van der Waals surface area contributed by atoms with Crippen molar-refractivity contribution < 1.29 is 17.9 Å². The fourth-order valence-electron chi connectivity index (χ4n) is 4.95. The number of fused-ring (bicyclic) bond motifs is 2. The summed E-state index contributed by atoms with van der Waals surface area (Å²) in [7, 11) is -2.08. The number of hydrogen-bond donors (Lipinski definition) is 0. The number of nitrogens with zero attached hydrogens (tertiary/aromatic N) is 4. The Kier molecular flexibility index (Phi) is 10.0. The first-order chi connectivity index (χ1) is 19.3. The summed E-state index contributed by atoms with van der Waals surface area (Å²) in [5.41, 5.74) is 3.40. The van der Waals surface area contributed by atoms with E-state index in [0.29, 0.717) is 49.0 Å². The molecule has 0 atom stereocenters. The van der Waals surface area contributed by atoms with Crippen molar-refractivity contribution in [2.75, 3.05) is 44.7 Å². The van der Waals surface area contributed by atoms with Gasteiger partial charge in [-0.05, 0) is 67.0 Å². The van der Waals surface area contributed by atoms with E-state index in [1.165, 1.54) is 33.3 Å². The van der Waals surface area contributed by atoms with Crippen LogP contribution >= 0.6 is 23.7 Å². The molecule has 1 aromatic heterocycles. The second-order valence-corrected chi connectivity index (χ2v) is 12.6. The number of likely N-dealkylation sites (N-methyl/N-ethyl adjacent to an activating group) is 1. The molecule has 0 spiro atoms. The van der Waals surface area contributed by atoms with Crippen molar-refractivity contribution in [3.8, 4) is 5.75 Å². The Hall–Kier alpha value is -3.02. The van der Waals surface area contributed by atoms with Gasteiger partial charge in [0.2, 0.25) is 10.0 Å². The number of hydrogen-bond acceptors (Lipinski definition) is 7. The normalized spacial score (nSPS) is 13.6. The van der Waals surface area contributed by atoms with Gasteiger partial charge in [0.15, 0.2) is 5.13 Å². The number of sulfonamides is 1. The molecule has 8 nitrogen and oxygen atoms in total. The van der Waals surface area contributed by atoms with E-state index in [9.17, 15) is 13.2 Å². The van der Waals surface area contributed by atoms with E-state index >= 15 is 0 Å². The van der Waals surface area contributed by atoms with E-state index in [0.717, 1.165) is 28.9 Å². The van der Waals surface area contributed by atoms with Crippen LogP contribution in [0.3, 0.4) is 0 Å². The molecule has 1 amide bonds. The highest BCUT2D eigenvalue weighted by Crippen LogP contribution is 2.32. The summed E-state index contributed by atoms with van der Waals surface area (Å²) in [6.45, 7) is 7.89. The van der Waals surface area contributed by atoms with E-state index < -0.39 is 10.0 Å². The number of amides is 1. The van der Waals surface area contributed by atoms with Gasteiger partial charge < -0.3 is 9.64 Å². The van der Waals surface area contributed by atoms with Crippen molar-refractivity contribution in [1.29, 1.82) is 0 Å². The van der Waals surface area contributed by atoms with E-state index in [1.807, 2.05) is 42.5 Å². The maximum absolute atomic E-state index is 13.8. The number of anilines is 1. The Bertz CT molecular complexity index is 1600. The molecule has 1 aliphatic rings. The minimum Gasteiger partial charge on any atom is -0.497 e. The van der Waals surface area contributed by atoms with Gasteiger partial charge in [-0.2, -0.15) is 4.31 Å². The summed E-state index contributed by atoms with van der Waals surface area (Å²) >= 11 is 1.45. The lowest BCUT2D eigenvalue weighted by molar-refractivity contribution is 0.0983. The number of halogens is 1. The number of ether oxygens (including phenoxy) is 1. The second-order valence-electron chi connectivity index (χ2n) is 9.70. The summed E-state index contributed by atoms with van der Waals surface area (Å²) in [5, 5.41) is 0.601. The average molecular weight is 615 g/mol. The van der Waals surface area contributed by atoms with Crippen molar-refractivity contribution in [3.63, 3.8) is 0 Å². The Labute approximate surface area is 252 Å². The summed E-state index contributed by atoms with van der Waals surface area (Å²) in [6, 6.07) is 19.9. The molecule has 11 heteroatoms. The summed E-state index contributed by atoms with van der Waals surface area (Å²) in [5.74, 6) is 0.494. The van der Waals surface area contributed by atoms with Crippen LogP contribution in [0.15, 0.2) is 71.6 Å². The SMILES string of the molecule is CCN(CC)CCN(C(=O)c1ccc(S(=O)(=O)N2CCc3ccccc3C2)cc1)c1nc2cc(OC)ccc2s1.Cl. The van der Waals surface area contributed by atoms with Crippen LogP contribution in [0.5, 0.6) is 5.75 Å². The molecule has 1 aliphatic heterocycles. The summed E-state index contributed by atoms with van der Waals surface area (Å²) < 4.78 is 34.7. The lowest BCUT2D eigenvalue weighted by Gasteiger charge is -2.28. The monoisotopic (exact) mass is 614 g/mol. The van der Waals surface area contributed by atoms with Gasteiger partial charge in [0.05, 0.1) is 22.2 Å². The first kappa shape index (κ1) is 30.9. The van der Waals surface area contributed by atoms with Crippen LogP contribution in [0.4, 0.5) is 5.13 Å². The molecule has 0 bridgehead atoms. The standard InChI is InChI=1S/C30H34N4O4S2.ClH/c1-4-32(5-2)18-19-34(30-31-27-20-25(38-3)12-15-28(27)39-30)29(35)23-10-13-26(14-11-23)40(36,37)33-17-16-22-8-6-7-9-24(22)21-33;/h6-15,20H,4-5,16-19,21H2,1-3H3;1H. The van der Waals surface area contributed by atoms with Crippen molar-refractivity contribution in [1.82, 2.24) is 14.2 Å². The molecule has 0 saturated heterocycles. The van der Waals surface area contributed by atoms with Crippen LogP contribution in [-0.4, -0.2) is 68.3 Å². The molecule has 0 radical (unpaired) electrons. The van der Waals surface area contributed by atoms with Crippen molar-refractivity contribution >= 4 is 55.0 Å². The van der Waals surface area contributed by atoms with Crippen LogP contribution in [0.1, 0.15) is 35.3 Å². The minimum absolute atomic E-state index is 0.